The van der Waals surface area contributed by atoms with E-state index >= 15 is 0 Å². The molecule has 20 heavy (non-hydrogen) atoms. The van der Waals surface area contributed by atoms with Gasteiger partial charge in [0.2, 0.25) is 0 Å². The van der Waals surface area contributed by atoms with Crippen LogP contribution in [0, 0.1) is 0 Å². The summed E-state index contributed by atoms with van der Waals surface area (Å²) in [6.07, 6.45) is 2.00. The number of likely N-dealkylation sites (N-methyl/N-ethyl adjacent to an activating group) is 1. The number of para-hydroxylation sites is 1. The highest BCUT2D eigenvalue weighted by molar-refractivity contribution is 7.98. The second-order valence-corrected chi connectivity index (χ2v) is 5.34. The van der Waals surface area contributed by atoms with Crippen LogP contribution in [0.2, 0.25) is 0 Å². The van der Waals surface area contributed by atoms with Crippen LogP contribution in [-0.2, 0) is 4.79 Å². The first-order valence-electron chi connectivity index (χ1n) is 6.28. The Morgan fingerprint density at radius 3 is 2.20 bits per heavy atom. The lowest BCUT2D eigenvalue weighted by Gasteiger charge is -2.27. The van der Waals surface area contributed by atoms with Crippen molar-refractivity contribution in [1.29, 1.82) is 0 Å². The largest absolute Gasteiger partial charge is 0.479 e. The molecule has 0 aliphatic carbocycles. The highest BCUT2D eigenvalue weighted by Gasteiger charge is 2.24. The van der Waals surface area contributed by atoms with Gasteiger partial charge in [0, 0.05) is 17.6 Å². The summed E-state index contributed by atoms with van der Waals surface area (Å²) >= 11 is 1.64. The number of hydrogen-bond donors (Lipinski definition) is 1. The van der Waals surface area contributed by atoms with Crippen molar-refractivity contribution in [1.82, 2.24) is 0 Å². The fourth-order valence-corrected chi connectivity index (χ4v) is 2.54. The van der Waals surface area contributed by atoms with Gasteiger partial charge in [-0.15, -0.1) is 11.8 Å². The topological polar surface area (TPSA) is 40.5 Å². The summed E-state index contributed by atoms with van der Waals surface area (Å²) in [5.74, 6) is -0.853. The monoisotopic (exact) mass is 287 g/mol. The second-order valence-electron chi connectivity index (χ2n) is 4.46. The zero-order valence-electron chi connectivity index (χ0n) is 11.5. The zero-order chi connectivity index (χ0) is 14.5. The molecule has 0 aromatic heterocycles. The number of nitrogens with zero attached hydrogens (tertiary/aromatic N) is 1. The van der Waals surface area contributed by atoms with E-state index in [9.17, 15) is 9.90 Å². The number of carboxylic acids is 1. The van der Waals surface area contributed by atoms with Gasteiger partial charge in [-0.05, 0) is 36.1 Å². The first kappa shape index (κ1) is 14.5. The van der Waals surface area contributed by atoms with Crippen molar-refractivity contribution in [3.63, 3.8) is 0 Å². The Kier molecular flexibility index (Phi) is 4.69. The van der Waals surface area contributed by atoms with Gasteiger partial charge in [-0.2, -0.15) is 0 Å². The van der Waals surface area contributed by atoms with E-state index in [1.54, 1.807) is 23.7 Å². The van der Waals surface area contributed by atoms with Crippen LogP contribution in [0.5, 0.6) is 0 Å². The Labute approximate surface area is 123 Å². The van der Waals surface area contributed by atoms with E-state index in [2.05, 4.69) is 0 Å². The third-order valence-corrected chi connectivity index (χ3v) is 3.96. The van der Waals surface area contributed by atoms with Crippen molar-refractivity contribution >= 4 is 23.4 Å². The highest BCUT2D eigenvalue weighted by Crippen LogP contribution is 2.27. The molecule has 1 N–H and O–H groups in total. The molecule has 4 heteroatoms. The number of carboxylic acid groups (broad SMARTS) is 1. The van der Waals surface area contributed by atoms with E-state index in [0.717, 1.165) is 16.1 Å². The molecule has 2 rings (SSSR count). The molecule has 104 valence electrons. The SMILES string of the molecule is CSc1ccc(C(C(=O)O)N(C)c2ccccc2)cc1. The quantitative estimate of drug-likeness (QED) is 0.852. The third-order valence-electron chi connectivity index (χ3n) is 3.22. The molecule has 3 nitrogen and oxygen atoms in total. The van der Waals surface area contributed by atoms with Crippen molar-refractivity contribution in [2.75, 3.05) is 18.2 Å². The molecule has 0 saturated heterocycles. The van der Waals surface area contributed by atoms with Crippen LogP contribution in [0.15, 0.2) is 59.5 Å². The summed E-state index contributed by atoms with van der Waals surface area (Å²) in [5.41, 5.74) is 1.66. The first-order chi connectivity index (χ1) is 9.63. The van der Waals surface area contributed by atoms with Gasteiger partial charge < -0.3 is 10.0 Å². The van der Waals surface area contributed by atoms with Gasteiger partial charge in [0.15, 0.2) is 6.04 Å². The van der Waals surface area contributed by atoms with Crippen molar-refractivity contribution in [3.8, 4) is 0 Å². The van der Waals surface area contributed by atoms with Crippen LogP contribution >= 0.6 is 11.8 Å². The van der Waals surface area contributed by atoms with Gasteiger partial charge in [0.25, 0.3) is 0 Å². The van der Waals surface area contributed by atoms with Crippen molar-refractivity contribution < 1.29 is 9.90 Å². The van der Waals surface area contributed by atoms with E-state index in [-0.39, 0.29) is 0 Å². The number of hydrogen-bond acceptors (Lipinski definition) is 3. The maximum atomic E-state index is 11.6. The number of rotatable bonds is 5. The number of thioether (sulfide) groups is 1. The molecule has 0 bridgehead atoms. The first-order valence-corrected chi connectivity index (χ1v) is 7.50. The van der Waals surface area contributed by atoms with Crippen molar-refractivity contribution in [2.45, 2.75) is 10.9 Å². The molecule has 0 fully saturated rings. The highest BCUT2D eigenvalue weighted by atomic mass is 32.2. The summed E-state index contributed by atoms with van der Waals surface area (Å²) in [7, 11) is 1.80. The van der Waals surface area contributed by atoms with Crippen LogP contribution in [0.4, 0.5) is 5.69 Å². The van der Waals surface area contributed by atoms with Gasteiger partial charge in [-0.3, -0.25) is 0 Å². The van der Waals surface area contributed by atoms with Crippen molar-refractivity contribution in [2.24, 2.45) is 0 Å². The van der Waals surface area contributed by atoms with E-state index in [1.807, 2.05) is 60.9 Å². The number of benzene rings is 2. The molecule has 1 unspecified atom stereocenters. The van der Waals surface area contributed by atoms with Gasteiger partial charge in [0.1, 0.15) is 0 Å². The van der Waals surface area contributed by atoms with E-state index in [1.165, 1.54) is 0 Å². The van der Waals surface area contributed by atoms with Gasteiger partial charge in [-0.1, -0.05) is 30.3 Å². The molecule has 2 aromatic rings. The predicted octanol–water partition coefficient (Wildman–Crippen LogP) is 3.67. The Morgan fingerprint density at radius 2 is 1.70 bits per heavy atom. The molecule has 0 heterocycles. The summed E-state index contributed by atoms with van der Waals surface area (Å²) in [4.78, 5) is 14.5. The third kappa shape index (κ3) is 3.14. The minimum Gasteiger partial charge on any atom is -0.479 e. The summed E-state index contributed by atoms with van der Waals surface area (Å²) < 4.78 is 0. The summed E-state index contributed by atoms with van der Waals surface area (Å²) in [6.45, 7) is 0. The maximum absolute atomic E-state index is 11.6. The minimum atomic E-state index is -0.853. The molecular formula is C16H17NO2S. The average Bonchev–Trinajstić information content (AvgIpc) is 2.48. The Morgan fingerprint density at radius 1 is 1.10 bits per heavy atom. The maximum Gasteiger partial charge on any atom is 0.331 e. The van der Waals surface area contributed by atoms with Gasteiger partial charge in [-0.25, -0.2) is 4.79 Å². The smallest absolute Gasteiger partial charge is 0.331 e. The predicted molar refractivity (Wildman–Crippen MR) is 83.4 cm³/mol. The lowest BCUT2D eigenvalue weighted by atomic mass is 10.1. The molecule has 0 amide bonds. The molecule has 0 aliphatic heterocycles. The average molecular weight is 287 g/mol. The number of carbonyl (C=O) groups is 1. The Bertz CT molecular complexity index is 569. The molecule has 0 spiro atoms. The van der Waals surface area contributed by atoms with Crippen molar-refractivity contribution in [3.05, 3.63) is 60.2 Å². The van der Waals surface area contributed by atoms with Crippen LogP contribution in [0.3, 0.4) is 0 Å². The lowest BCUT2D eigenvalue weighted by molar-refractivity contribution is -0.138. The van der Waals surface area contributed by atoms with Gasteiger partial charge in [0.05, 0.1) is 0 Å². The van der Waals surface area contributed by atoms with Crippen LogP contribution in [0.1, 0.15) is 11.6 Å². The number of aliphatic carboxylic acids is 1. The van der Waals surface area contributed by atoms with Crippen LogP contribution < -0.4 is 4.90 Å². The molecule has 0 radical (unpaired) electrons. The standard InChI is InChI=1S/C16H17NO2S/c1-17(13-6-4-3-5-7-13)15(16(18)19)12-8-10-14(20-2)11-9-12/h3-11,15H,1-2H3,(H,18,19). The fraction of sp³-hybridized carbons (Fsp3) is 0.188. The Hall–Kier alpha value is -1.94. The van der Waals surface area contributed by atoms with Crippen LogP contribution in [-0.4, -0.2) is 24.4 Å². The fourth-order valence-electron chi connectivity index (χ4n) is 2.13. The van der Waals surface area contributed by atoms with E-state index in [0.29, 0.717) is 0 Å². The second kappa shape index (κ2) is 6.48. The minimum absolute atomic E-state index is 0.687. The van der Waals surface area contributed by atoms with E-state index < -0.39 is 12.0 Å². The summed E-state index contributed by atoms with van der Waals surface area (Å²) in [5, 5.41) is 9.54. The molecule has 2 aromatic carbocycles. The number of anilines is 1. The summed E-state index contributed by atoms with van der Waals surface area (Å²) in [6, 6.07) is 16.5. The van der Waals surface area contributed by atoms with Crippen LogP contribution in [0.25, 0.3) is 0 Å². The Balaban J connectivity index is 2.33. The molecule has 0 aliphatic rings. The molecule has 1 atom stereocenters. The zero-order valence-corrected chi connectivity index (χ0v) is 12.3. The molecule has 0 saturated carbocycles. The lowest BCUT2D eigenvalue weighted by Crippen LogP contribution is -2.30. The van der Waals surface area contributed by atoms with Gasteiger partial charge >= 0.3 is 5.97 Å². The normalized spacial score (nSPS) is 11.9. The molecular weight excluding hydrogens is 270 g/mol. The van der Waals surface area contributed by atoms with E-state index in [4.69, 9.17) is 0 Å².